The van der Waals surface area contributed by atoms with Crippen LogP contribution >= 0.6 is 0 Å². The average Bonchev–Trinajstić information content (AvgIpc) is 3.31. The average molecular weight is 539 g/mol. The molecule has 4 aliphatic rings. The van der Waals surface area contributed by atoms with E-state index in [1.165, 1.54) is 61.6 Å². The number of fused-ring (bicyclic) bond motifs is 5. The number of hydrogen-bond donors (Lipinski definition) is 0. The summed E-state index contributed by atoms with van der Waals surface area (Å²) in [5, 5.41) is 0. The summed E-state index contributed by atoms with van der Waals surface area (Å²) in [7, 11) is 0. The topological polar surface area (TPSA) is 26.3 Å². The maximum atomic E-state index is 11.6. The number of carbonyl (C=O) groups excluding carboxylic acids is 1. The van der Waals surface area contributed by atoms with E-state index in [-0.39, 0.29) is 12.1 Å². The smallest absolute Gasteiger partial charge is 0.302 e. The zero-order chi connectivity index (χ0) is 27.9. The summed E-state index contributed by atoms with van der Waals surface area (Å²) in [5.41, 5.74) is 4.95. The third-order valence-electron chi connectivity index (χ3n) is 12.6. The molecule has 4 aliphatic carbocycles. The Hall–Kier alpha value is -2.35. The van der Waals surface area contributed by atoms with Gasteiger partial charge in [-0.3, -0.25) is 4.79 Å². The molecule has 0 radical (unpaired) electrons. The first-order valence-corrected chi connectivity index (χ1v) is 16.3. The molecule has 0 unspecified atom stereocenters. The van der Waals surface area contributed by atoms with Gasteiger partial charge in [-0.25, -0.2) is 0 Å². The number of benzene rings is 2. The van der Waals surface area contributed by atoms with E-state index in [0.29, 0.717) is 16.7 Å². The minimum atomic E-state index is -0.101. The van der Waals surface area contributed by atoms with Gasteiger partial charge in [0.05, 0.1) is 0 Å². The summed E-state index contributed by atoms with van der Waals surface area (Å²) in [5.74, 6) is 4.77. The Morgan fingerprint density at radius 1 is 0.850 bits per heavy atom. The molecule has 4 saturated carbocycles. The largest absolute Gasteiger partial charge is 0.463 e. The van der Waals surface area contributed by atoms with Gasteiger partial charge < -0.3 is 4.74 Å². The van der Waals surface area contributed by atoms with Crippen LogP contribution in [0.15, 0.2) is 66.7 Å². The van der Waals surface area contributed by atoms with Crippen molar-refractivity contribution in [3.63, 3.8) is 0 Å². The van der Waals surface area contributed by atoms with Crippen LogP contribution in [0.2, 0.25) is 0 Å². The highest BCUT2D eigenvalue weighted by atomic mass is 16.5. The summed E-state index contributed by atoms with van der Waals surface area (Å²) >= 11 is 0. The first kappa shape index (κ1) is 27.8. The van der Waals surface area contributed by atoms with Gasteiger partial charge in [0, 0.05) is 6.92 Å². The first-order valence-electron chi connectivity index (χ1n) is 16.3. The van der Waals surface area contributed by atoms with Crippen molar-refractivity contribution in [1.82, 2.24) is 0 Å². The van der Waals surface area contributed by atoms with E-state index in [1.54, 1.807) is 6.92 Å². The van der Waals surface area contributed by atoms with Crippen LogP contribution in [0.1, 0.15) is 103 Å². The van der Waals surface area contributed by atoms with E-state index in [2.05, 4.69) is 87.5 Å². The number of hydrogen-bond acceptors (Lipinski definition) is 2. The molecule has 2 heteroatoms. The van der Waals surface area contributed by atoms with Gasteiger partial charge in [0.1, 0.15) is 6.10 Å². The molecule has 40 heavy (non-hydrogen) atoms. The Balaban J connectivity index is 1.18. The van der Waals surface area contributed by atoms with E-state index in [9.17, 15) is 4.79 Å². The lowest BCUT2D eigenvalue weighted by Crippen LogP contribution is -2.54. The van der Waals surface area contributed by atoms with Gasteiger partial charge >= 0.3 is 5.97 Å². The quantitative estimate of drug-likeness (QED) is 0.342. The van der Waals surface area contributed by atoms with Gasteiger partial charge in [-0.05, 0) is 127 Å². The molecule has 2 aromatic rings. The van der Waals surface area contributed by atoms with Gasteiger partial charge in [0.25, 0.3) is 0 Å². The fraction of sp³-hybridized carbons (Fsp3) is 0.605. The Kier molecular flexibility index (Phi) is 7.75. The summed E-state index contributed by atoms with van der Waals surface area (Å²) in [6.45, 7) is 9.43. The van der Waals surface area contributed by atoms with E-state index in [0.717, 1.165) is 48.9 Å². The van der Waals surface area contributed by atoms with Crippen LogP contribution in [-0.4, -0.2) is 12.1 Å². The number of carbonyl (C=O) groups is 1. The van der Waals surface area contributed by atoms with Gasteiger partial charge in [0.2, 0.25) is 0 Å². The van der Waals surface area contributed by atoms with Crippen LogP contribution < -0.4 is 0 Å². The van der Waals surface area contributed by atoms with E-state index >= 15 is 0 Å². The van der Waals surface area contributed by atoms with Gasteiger partial charge in [-0.2, -0.15) is 0 Å². The first-order chi connectivity index (χ1) is 19.3. The number of allylic oxidation sites excluding steroid dienone is 1. The third-order valence-corrected chi connectivity index (χ3v) is 12.6. The van der Waals surface area contributed by atoms with Gasteiger partial charge in [0.15, 0.2) is 0 Å². The fourth-order valence-corrected chi connectivity index (χ4v) is 10.6. The molecule has 0 heterocycles. The van der Waals surface area contributed by atoms with E-state index < -0.39 is 0 Å². The predicted molar refractivity (Wildman–Crippen MR) is 165 cm³/mol. The second kappa shape index (κ2) is 11.1. The molecule has 0 spiro atoms. The number of rotatable bonds is 6. The summed E-state index contributed by atoms with van der Waals surface area (Å²) in [6.07, 6.45) is 15.6. The molecule has 214 valence electrons. The Bertz CT molecular complexity index is 1160. The zero-order valence-electron chi connectivity index (χ0n) is 25.3. The molecule has 0 aromatic heterocycles. The van der Waals surface area contributed by atoms with Gasteiger partial charge in [-0.15, -0.1) is 0 Å². The van der Waals surface area contributed by atoms with Crippen LogP contribution in [0.4, 0.5) is 0 Å². The molecular weight excluding hydrogens is 488 g/mol. The molecule has 0 bridgehead atoms. The molecule has 0 amide bonds. The molecule has 2 aromatic carbocycles. The second-order valence-electron chi connectivity index (χ2n) is 14.5. The molecule has 0 aliphatic heterocycles. The molecule has 2 nitrogen and oxygen atoms in total. The van der Waals surface area contributed by atoms with Crippen molar-refractivity contribution in [1.29, 1.82) is 0 Å². The highest BCUT2D eigenvalue weighted by Crippen LogP contribution is 2.68. The lowest BCUT2D eigenvalue weighted by molar-refractivity contribution is -0.160. The van der Waals surface area contributed by atoms with Crippen LogP contribution in [0.5, 0.6) is 0 Å². The molecular formula is C38H50O2. The van der Waals surface area contributed by atoms with Crippen LogP contribution in [0, 0.1) is 46.3 Å². The van der Waals surface area contributed by atoms with Crippen molar-refractivity contribution in [2.24, 2.45) is 46.3 Å². The van der Waals surface area contributed by atoms with Crippen molar-refractivity contribution < 1.29 is 9.53 Å². The monoisotopic (exact) mass is 538 g/mol. The molecule has 9 atom stereocenters. The Morgan fingerprint density at radius 2 is 1.48 bits per heavy atom. The van der Waals surface area contributed by atoms with Crippen molar-refractivity contribution in [3.8, 4) is 0 Å². The molecule has 0 saturated heterocycles. The Labute approximate surface area is 243 Å². The van der Waals surface area contributed by atoms with Crippen molar-refractivity contribution >= 4 is 11.5 Å². The second-order valence-corrected chi connectivity index (χ2v) is 14.5. The zero-order valence-corrected chi connectivity index (χ0v) is 25.3. The van der Waals surface area contributed by atoms with E-state index in [1.807, 2.05) is 0 Å². The lowest BCUT2D eigenvalue weighted by atomic mass is 9.44. The highest BCUT2D eigenvalue weighted by molar-refractivity contribution is 5.79. The maximum absolute atomic E-state index is 11.6. The lowest BCUT2D eigenvalue weighted by Gasteiger charge is -2.61. The minimum absolute atomic E-state index is 0.101. The maximum Gasteiger partial charge on any atom is 0.302 e. The van der Waals surface area contributed by atoms with Crippen molar-refractivity contribution in [2.45, 2.75) is 98.0 Å². The number of esters is 1. The Morgan fingerprint density at radius 3 is 2.12 bits per heavy atom. The molecule has 4 fully saturated rings. The summed E-state index contributed by atoms with van der Waals surface area (Å²) in [6, 6.07) is 21.9. The SMILES string of the molecule is CC(=O)O[C@H]1CC[C@@]2(C)[C@@H](CC[C@@H]3[C@@H]2CC[C@]2(C)[C@@H]([C@@H](C)CC=C(c4ccccc4)c4ccccc4)CC[C@@H]32)C1. The molecule has 6 rings (SSSR count). The standard InChI is InChI=1S/C38H50O2/c1-26(15-17-32(28-11-7-5-8-12-28)29-13-9-6-10-14-29)34-19-20-35-33-18-16-30-25-31(40-27(2)39)21-23-37(30,3)36(33)22-24-38(34,35)4/h5-14,17,26,30-31,33-36H,15-16,18-25H2,1-4H3/t26-,30-,31-,33-,34+,35-,36-,37-,38+/m0/s1. The highest BCUT2D eigenvalue weighted by Gasteiger charge is 2.60. The van der Waals surface area contributed by atoms with Crippen LogP contribution in [0.25, 0.3) is 5.57 Å². The third kappa shape index (κ3) is 4.99. The van der Waals surface area contributed by atoms with E-state index in [4.69, 9.17) is 4.74 Å². The van der Waals surface area contributed by atoms with Crippen LogP contribution in [-0.2, 0) is 9.53 Å². The summed E-state index contributed by atoms with van der Waals surface area (Å²) in [4.78, 5) is 11.6. The predicted octanol–water partition coefficient (Wildman–Crippen LogP) is 9.74. The van der Waals surface area contributed by atoms with Crippen LogP contribution in [0.3, 0.4) is 0 Å². The molecule has 0 N–H and O–H groups in total. The van der Waals surface area contributed by atoms with Crippen molar-refractivity contribution in [3.05, 3.63) is 77.9 Å². The fourth-order valence-electron chi connectivity index (χ4n) is 10.6. The summed E-state index contributed by atoms with van der Waals surface area (Å²) < 4.78 is 5.70. The van der Waals surface area contributed by atoms with Gasteiger partial charge in [-0.1, -0.05) is 87.5 Å². The minimum Gasteiger partial charge on any atom is -0.463 e. The van der Waals surface area contributed by atoms with Crippen molar-refractivity contribution in [2.75, 3.05) is 0 Å². The number of ether oxygens (including phenoxy) is 1. The normalized spacial score (nSPS) is 37.4.